The molecule has 3 aromatic rings. The molecule has 0 radical (unpaired) electrons. The Balaban J connectivity index is 1.78. The second-order valence-electron chi connectivity index (χ2n) is 4.73. The van der Waals surface area contributed by atoms with Crippen molar-refractivity contribution < 1.29 is 0 Å². The van der Waals surface area contributed by atoms with E-state index in [-0.39, 0.29) is 0 Å². The first-order valence-corrected chi connectivity index (χ1v) is 8.27. The second-order valence-corrected chi connectivity index (χ2v) is 6.67. The summed E-state index contributed by atoms with van der Waals surface area (Å²) in [5.41, 5.74) is 1.47. The van der Waals surface area contributed by atoms with Crippen LogP contribution in [-0.2, 0) is 12.8 Å². The van der Waals surface area contributed by atoms with Crippen LogP contribution in [-0.4, -0.2) is 13.1 Å². The summed E-state index contributed by atoms with van der Waals surface area (Å²) < 4.78 is 1.39. The monoisotopic (exact) mass is 287 g/mol. The van der Waals surface area contributed by atoms with E-state index >= 15 is 0 Å². The molecule has 1 nitrogen and oxygen atoms in total. The van der Waals surface area contributed by atoms with Crippen LogP contribution in [0.25, 0.3) is 10.1 Å². The van der Waals surface area contributed by atoms with E-state index in [4.69, 9.17) is 0 Å². The van der Waals surface area contributed by atoms with Gasteiger partial charge in [0.2, 0.25) is 0 Å². The van der Waals surface area contributed by atoms with Gasteiger partial charge < -0.3 is 5.32 Å². The Hall–Kier alpha value is -1.16. The second kappa shape index (κ2) is 5.87. The highest BCUT2D eigenvalue weighted by Gasteiger charge is 2.12. The van der Waals surface area contributed by atoms with Gasteiger partial charge in [0.15, 0.2) is 0 Å². The molecule has 0 aliphatic rings. The van der Waals surface area contributed by atoms with Crippen LogP contribution in [0.3, 0.4) is 0 Å². The maximum Gasteiger partial charge on any atom is 0.0345 e. The summed E-state index contributed by atoms with van der Waals surface area (Å²) in [7, 11) is 2.06. The van der Waals surface area contributed by atoms with Gasteiger partial charge in [0.05, 0.1) is 0 Å². The van der Waals surface area contributed by atoms with Crippen LogP contribution in [0.15, 0.2) is 47.2 Å². The Kier molecular flexibility index (Phi) is 3.97. The number of thiophene rings is 2. The first-order valence-electron chi connectivity index (χ1n) is 6.51. The summed E-state index contributed by atoms with van der Waals surface area (Å²) in [6.07, 6.45) is 2.21. The van der Waals surface area contributed by atoms with Crippen molar-refractivity contribution in [3.05, 3.63) is 57.6 Å². The lowest BCUT2D eigenvalue weighted by atomic mass is 10.0. The topological polar surface area (TPSA) is 12.0 Å². The van der Waals surface area contributed by atoms with Crippen molar-refractivity contribution in [2.75, 3.05) is 7.05 Å². The molecule has 19 heavy (non-hydrogen) atoms. The van der Waals surface area contributed by atoms with Gasteiger partial charge in [0.25, 0.3) is 0 Å². The average molecular weight is 287 g/mol. The van der Waals surface area contributed by atoms with Crippen molar-refractivity contribution in [2.24, 2.45) is 0 Å². The minimum Gasteiger partial charge on any atom is -0.316 e. The van der Waals surface area contributed by atoms with Crippen LogP contribution < -0.4 is 5.32 Å². The largest absolute Gasteiger partial charge is 0.316 e. The van der Waals surface area contributed by atoms with E-state index in [1.165, 1.54) is 20.5 Å². The highest BCUT2D eigenvalue weighted by atomic mass is 32.1. The van der Waals surface area contributed by atoms with Crippen LogP contribution in [0.5, 0.6) is 0 Å². The van der Waals surface area contributed by atoms with Crippen LogP contribution in [0.1, 0.15) is 10.4 Å². The number of benzene rings is 1. The Morgan fingerprint density at radius 2 is 1.95 bits per heavy atom. The molecule has 3 heteroatoms. The molecule has 1 atom stereocenters. The van der Waals surface area contributed by atoms with Gasteiger partial charge in [0.1, 0.15) is 0 Å². The molecule has 98 valence electrons. The summed E-state index contributed by atoms with van der Waals surface area (Å²) >= 11 is 3.69. The highest BCUT2D eigenvalue weighted by Crippen LogP contribution is 2.27. The van der Waals surface area contributed by atoms with Crippen LogP contribution >= 0.6 is 22.7 Å². The molecule has 1 aromatic carbocycles. The third-order valence-electron chi connectivity index (χ3n) is 3.46. The smallest absolute Gasteiger partial charge is 0.0345 e. The standard InChI is InChI=1S/C16H17NS2/c1-17-13(10-14-5-4-8-18-14)9-12-11-19-16-7-3-2-6-15(12)16/h2-8,11,13,17H,9-10H2,1H3. The quantitative estimate of drug-likeness (QED) is 0.736. The molecule has 0 bridgehead atoms. The van der Waals surface area contributed by atoms with Gasteiger partial charge in [0, 0.05) is 15.6 Å². The molecule has 3 rings (SSSR count). The number of rotatable bonds is 5. The minimum absolute atomic E-state index is 0.511. The maximum atomic E-state index is 3.45. The zero-order chi connectivity index (χ0) is 13.1. The molecule has 1 N–H and O–H groups in total. The first-order chi connectivity index (χ1) is 9.36. The fourth-order valence-electron chi connectivity index (χ4n) is 2.40. The molecule has 0 aliphatic carbocycles. The zero-order valence-corrected chi connectivity index (χ0v) is 12.6. The first kappa shape index (κ1) is 12.9. The Morgan fingerprint density at radius 1 is 1.05 bits per heavy atom. The predicted molar refractivity (Wildman–Crippen MR) is 86.4 cm³/mol. The van der Waals surface area contributed by atoms with Gasteiger partial charge in [-0.05, 0) is 53.7 Å². The van der Waals surface area contributed by atoms with Gasteiger partial charge in [-0.3, -0.25) is 0 Å². The summed E-state index contributed by atoms with van der Waals surface area (Å²) in [4.78, 5) is 1.46. The number of hydrogen-bond donors (Lipinski definition) is 1. The summed E-state index contributed by atoms with van der Waals surface area (Å²) in [5, 5.41) is 9.33. The minimum atomic E-state index is 0.511. The molecule has 0 spiro atoms. The number of likely N-dealkylation sites (N-methyl/N-ethyl adjacent to an activating group) is 1. The lowest BCUT2D eigenvalue weighted by molar-refractivity contribution is 0.562. The molecular formula is C16H17NS2. The number of fused-ring (bicyclic) bond motifs is 1. The van der Waals surface area contributed by atoms with Crippen LogP contribution in [0, 0.1) is 0 Å². The Bertz CT molecular complexity index is 640. The molecule has 1 unspecified atom stereocenters. The number of hydrogen-bond acceptors (Lipinski definition) is 3. The third-order valence-corrected chi connectivity index (χ3v) is 5.37. The van der Waals surface area contributed by atoms with Gasteiger partial charge in [-0.25, -0.2) is 0 Å². The van der Waals surface area contributed by atoms with Crippen molar-refractivity contribution in [3.8, 4) is 0 Å². The molecule has 2 heterocycles. The van der Waals surface area contributed by atoms with Crippen LogP contribution in [0.2, 0.25) is 0 Å². The zero-order valence-electron chi connectivity index (χ0n) is 10.9. The predicted octanol–water partition coefficient (Wildman–Crippen LogP) is 4.34. The van der Waals surface area contributed by atoms with Gasteiger partial charge in [-0.2, -0.15) is 0 Å². The van der Waals surface area contributed by atoms with E-state index in [0.29, 0.717) is 6.04 Å². The Morgan fingerprint density at radius 3 is 2.74 bits per heavy atom. The molecule has 0 saturated carbocycles. The maximum absolute atomic E-state index is 3.45. The SMILES string of the molecule is CNC(Cc1cccs1)Cc1csc2ccccc12. The lowest BCUT2D eigenvalue weighted by Crippen LogP contribution is -2.29. The van der Waals surface area contributed by atoms with Crippen molar-refractivity contribution in [2.45, 2.75) is 18.9 Å². The third kappa shape index (κ3) is 2.89. The average Bonchev–Trinajstić information content (AvgIpc) is 3.08. The molecule has 0 saturated heterocycles. The van der Waals surface area contributed by atoms with Gasteiger partial charge >= 0.3 is 0 Å². The van der Waals surface area contributed by atoms with Gasteiger partial charge in [-0.1, -0.05) is 24.3 Å². The van der Waals surface area contributed by atoms with Gasteiger partial charge in [-0.15, -0.1) is 22.7 Å². The molecule has 0 amide bonds. The molecule has 0 fully saturated rings. The fourth-order valence-corrected chi connectivity index (χ4v) is 4.17. The summed E-state index contributed by atoms with van der Waals surface area (Å²) in [6, 6.07) is 13.6. The van der Waals surface area contributed by atoms with E-state index in [9.17, 15) is 0 Å². The lowest BCUT2D eigenvalue weighted by Gasteiger charge is -2.14. The van der Waals surface area contributed by atoms with E-state index in [1.807, 2.05) is 22.7 Å². The van der Waals surface area contributed by atoms with E-state index in [1.54, 1.807) is 0 Å². The van der Waals surface area contributed by atoms with Crippen molar-refractivity contribution >= 4 is 32.8 Å². The molecular weight excluding hydrogens is 270 g/mol. The highest BCUT2D eigenvalue weighted by molar-refractivity contribution is 7.17. The molecule has 2 aromatic heterocycles. The van der Waals surface area contributed by atoms with E-state index in [0.717, 1.165) is 12.8 Å². The fraction of sp³-hybridized carbons (Fsp3) is 0.250. The normalized spacial score (nSPS) is 12.9. The Labute approximate surface area is 121 Å². The van der Waals surface area contributed by atoms with Crippen molar-refractivity contribution in [1.29, 1.82) is 0 Å². The van der Waals surface area contributed by atoms with Crippen LogP contribution in [0.4, 0.5) is 0 Å². The van der Waals surface area contributed by atoms with E-state index < -0.39 is 0 Å². The van der Waals surface area contributed by atoms with Crippen molar-refractivity contribution in [3.63, 3.8) is 0 Å². The van der Waals surface area contributed by atoms with E-state index in [2.05, 4.69) is 59.5 Å². The number of nitrogens with one attached hydrogen (secondary N) is 1. The van der Waals surface area contributed by atoms with Crippen molar-refractivity contribution in [1.82, 2.24) is 5.32 Å². The molecule has 0 aliphatic heterocycles. The summed E-state index contributed by atoms with van der Waals surface area (Å²) in [5.74, 6) is 0. The summed E-state index contributed by atoms with van der Waals surface area (Å²) in [6.45, 7) is 0.